The van der Waals surface area contributed by atoms with Gasteiger partial charge in [-0.25, -0.2) is 4.39 Å². The molecule has 2 aliphatic rings. The third-order valence-electron chi connectivity index (χ3n) is 7.56. The summed E-state index contributed by atoms with van der Waals surface area (Å²) in [6.07, 6.45) is 0.518. The Morgan fingerprint density at radius 2 is 1.97 bits per heavy atom. The number of aliphatic hydroxyl groups excluding tert-OH is 1. The van der Waals surface area contributed by atoms with Gasteiger partial charge in [0.1, 0.15) is 11.6 Å². The number of carbonyl (C=O) groups excluding carboxylic acids is 2. The van der Waals surface area contributed by atoms with Crippen LogP contribution < -0.4 is 0 Å². The van der Waals surface area contributed by atoms with E-state index < -0.39 is 12.0 Å². The quantitative estimate of drug-likeness (QED) is 0.442. The Labute approximate surface area is 205 Å². The predicted molar refractivity (Wildman–Crippen MR) is 129 cm³/mol. The standard InChI is InChI=1S/C27H33FN2O5/c1-17-21(7-4-8-24(17)28)26-22(25-12-20(33)13-30(25)16-31)14-29(9-10-35-2)15-23(26)27(34)18-5-3-6-19(32)11-18/h3-8,11,16,20,22-23,25-26,32-33H,9-10,12-15H2,1-2H3/t20?,22-,23-,25?,26+/m0/s1. The molecular formula is C27H33FN2O5. The molecule has 0 radical (unpaired) electrons. The summed E-state index contributed by atoms with van der Waals surface area (Å²) in [6.45, 7) is 4.05. The molecule has 5 atom stereocenters. The lowest BCUT2D eigenvalue weighted by Crippen LogP contribution is -2.54. The molecule has 2 saturated heterocycles. The summed E-state index contributed by atoms with van der Waals surface area (Å²) in [6, 6.07) is 10.9. The summed E-state index contributed by atoms with van der Waals surface area (Å²) in [7, 11) is 1.62. The van der Waals surface area contributed by atoms with Gasteiger partial charge in [-0.3, -0.25) is 14.5 Å². The number of ether oxygens (including phenoxy) is 1. The lowest BCUT2D eigenvalue weighted by atomic mass is 9.67. The van der Waals surface area contributed by atoms with E-state index >= 15 is 0 Å². The third-order valence-corrected chi connectivity index (χ3v) is 7.56. The molecule has 2 N–H and O–H groups in total. The van der Waals surface area contributed by atoms with Gasteiger partial charge in [-0.2, -0.15) is 0 Å². The average Bonchev–Trinajstić information content (AvgIpc) is 3.24. The second kappa shape index (κ2) is 10.8. The van der Waals surface area contributed by atoms with Gasteiger partial charge in [-0.05, 0) is 48.6 Å². The summed E-state index contributed by atoms with van der Waals surface area (Å²) in [5.41, 5.74) is 1.62. The number of rotatable bonds is 8. The molecule has 1 amide bonds. The van der Waals surface area contributed by atoms with Crippen molar-refractivity contribution < 1.29 is 28.9 Å². The molecule has 8 heteroatoms. The third kappa shape index (κ3) is 5.24. The highest BCUT2D eigenvalue weighted by atomic mass is 19.1. The van der Waals surface area contributed by atoms with Crippen molar-refractivity contribution in [3.63, 3.8) is 0 Å². The first kappa shape index (κ1) is 25.3. The molecule has 2 unspecified atom stereocenters. The number of methoxy groups -OCH3 is 1. The fourth-order valence-electron chi connectivity index (χ4n) is 5.90. The maximum atomic E-state index is 14.7. The maximum Gasteiger partial charge on any atom is 0.210 e. The van der Waals surface area contributed by atoms with E-state index in [2.05, 4.69) is 4.90 Å². The molecule has 0 aromatic heterocycles. The molecule has 2 heterocycles. The van der Waals surface area contributed by atoms with Crippen molar-refractivity contribution in [1.82, 2.24) is 9.80 Å². The van der Waals surface area contributed by atoms with Gasteiger partial charge < -0.3 is 19.8 Å². The van der Waals surface area contributed by atoms with Crippen LogP contribution in [0, 0.1) is 24.6 Å². The topological polar surface area (TPSA) is 90.3 Å². The number of phenolic OH excluding ortho intramolecular Hbond substituents is 1. The minimum absolute atomic E-state index is 0.00369. The summed E-state index contributed by atoms with van der Waals surface area (Å²) in [5, 5.41) is 20.4. The molecule has 2 aliphatic heterocycles. The van der Waals surface area contributed by atoms with Gasteiger partial charge in [0.05, 0.1) is 12.7 Å². The zero-order chi connectivity index (χ0) is 25.1. The Bertz CT molecular complexity index is 1060. The Morgan fingerprint density at radius 1 is 1.20 bits per heavy atom. The Balaban J connectivity index is 1.83. The van der Waals surface area contributed by atoms with E-state index in [1.807, 2.05) is 6.07 Å². The number of amides is 1. The van der Waals surface area contributed by atoms with Crippen molar-refractivity contribution in [2.45, 2.75) is 31.4 Å². The van der Waals surface area contributed by atoms with Crippen LogP contribution in [-0.2, 0) is 9.53 Å². The fourth-order valence-corrected chi connectivity index (χ4v) is 5.90. The van der Waals surface area contributed by atoms with E-state index in [1.54, 1.807) is 37.1 Å². The van der Waals surface area contributed by atoms with Crippen LogP contribution in [0.5, 0.6) is 5.75 Å². The molecule has 7 nitrogen and oxygen atoms in total. The molecule has 188 valence electrons. The number of Topliss-reactive ketones (excluding diaryl/α,β-unsaturated/α-hetero) is 1. The van der Waals surface area contributed by atoms with E-state index in [-0.39, 0.29) is 41.8 Å². The number of halogens is 1. The summed E-state index contributed by atoms with van der Waals surface area (Å²) in [4.78, 5) is 29.6. The number of likely N-dealkylation sites (tertiary alicyclic amines) is 2. The number of phenols is 1. The number of hydrogen-bond acceptors (Lipinski definition) is 6. The van der Waals surface area contributed by atoms with E-state index in [0.717, 1.165) is 12.0 Å². The minimum Gasteiger partial charge on any atom is -0.508 e. The van der Waals surface area contributed by atoms with Crippen LogP contribution in [0.1, 0.15) is 33.8 Å². The normalized spacial score (nSPS) is 27.2. The molecule has 35 heavy (non-hydrogen) atoms. The van der Waals surface area contributed by atoms with Crippen LogP contribution in [0.25, 0.3) is 0 Å². The van der Waals surface area contributed by atoms with Crippen LogP contribution in [0.3, 0.4) is 0 Å². The summed E-state index contributed by atoms with van der Waals surface area (Å²) >= 11 is 0. The summed E-state index contributed by atoms with van der Waals surface area (Å²) < 4.78 is 20.0. The van der Waals surface area contributed by atoms with E-state index in [4.69, 9.17) is 4.74 Å². The number of β-amino-alcohol motifs (C(OH)–C–C–N with tert-alkyl or cyclic N) is 1. The van der Waals surface area contributed by atoms with Crippen LogP contribution >= 0.6 is 0 Å². The average molecular weight is 485 g/mol. The molecule has 0 bridgehead atoms. The van der Waals surface area contributed by atoms with Gasteiger partial charge in [0.2, 0.25) is 6.41 Å². The minimum atomic E-state index is -0.644. The van der Waals surface area contributed by atoms with Crippen LogP contribution in [-0.4, -0.2) is 84.2 Å². The number of hydrogen-bond donors (Lipinski definition) is 2. The van der Waals surface area contributed by atoms with Crippen molar-refractivity contribution in [3.8, 4) is 5.75 Å². The number of aliphatic hydroxyl groups is 1. The van der Waals surface area contributed by atoms with Crippen LogP contribution in [0.4, 0.5) is 4.39 Å². The molecule has 4 rings (SSSR count). The number of aromatic hydroxyl groups is 1. The van der Waals surface area contributed by atoms with E-state index in [0.29, 0.717) is 43.8 Å². The lowest BCUT2D eigenvalue weighted by Gasteiger charge is -2.47. The molecular weight excluding hydrogens is 451 g/mol. The zero-order valence-electron chi connectivity index (χ0n) is 20.1. The molecule has 2 fully saturated rings. The van der Waals surface area contributed by atoms with Gasteiger partial charge in [0.15, 0.2) is 5.78 Å². The van der Waals surface area contributed by atoms with Gasteiger partial charge in [0, 0.05) is 56.7 Å². The first-order valence-corrected chi connectivity index (χ1v) is 12.0. The Morgan fingerprint density at radius 3 is 2.69 bits per heavy atom. The van der Waals surface area contributed by atoms with Crippen LogP contribution in [0.2, 0.25) is 0 Å². The smallest absolute Gasteiger partial charge is 0.210 e. The highest BCUT2D eigenvalue weighted by Gasteiger charge is 2.48. The van der Waals surface area contributed by atoms with E-state index in [9.17, 15) is 24.2 Å². The number of ketones is 1. The van der Waals surface area contributed by atoms with Crippen molar-refractivity contribution >= 4 is 12.2 Å². The molecule has 2 aromatic carbocycles. The zero-order valence-corrected chi connectivity index (χ0v) is 20.1. The van der Waals surface area contributed by atoms with Gasteiger partial charge in [-0.1, -0.05) is 24.3 Å². The van der Waals surface area contributed by atoms with Gasteiger partial charge in [0.25, 0.3) is 0 Å². The van der Waals surface area contributed by atoms with Gasteiger partial charge >= 0.3 is 0 Å². The summed E-state index contributed by atoms with van der Waals surface area (Å²) in [5.74, 6) is -1.61. The van der Waals surface area contributed by atoms with Crippen LogP contribution in [0.15, 0.2) is 42.5 Å². The van der Waals surface area contributed by atoms with Crippen molar-refractivity contribution in [2.75, 3.05) is 39.9 Å². The molecule has 0 aliphatic carbocycles. The first-order valence-electron chi connectivity index (χ1n) is 12.0. The first-order chi connectivity index (χ1) is 16.8. The Hall–Kier alpha value is -2.81. The molecule has 0 saturated carbocycles. The number of carbonyl (C=O) groups is 2. The Kier molecular flexibility index (Phi) is 7.84. The largest absolute Gasteiger partial charge is 0.508 e. The molecule has 2 aromatic rings. The van der Waals surface area contributed by atoms with Gasteiger partial charge in [-0.15, -0.1) is 0 Å². The maximum absolute atomic E-state index is 14.7. The molecule has 0 spiro atoms. The fraction of sp³-hybridized carbons (Fsp3) is 0.481. The number of benzene rings is 2. The number of piperidine rings is 1. The highest BCUT2D eigenvalue weighted by molar-refractivity contribution is 5.99. The van der Waals surface area contributed by atoms with E-state index in [1.165, 1.54) is 18.2 Å². The second-order valence-corrected chi connectivity index (χ2v) is 9.68. The highest BCUT2D eigenvalue weighted by Crippen LogP contribution is 2.45. The SMILES string of the molecule is COCCN1C[C@H](C(=O)c2cccc(O)c2)[C@H](c2cccc(F)c2C)[C@H](C2CC(O)CN2C=O)C1. The second-order valence-electron chi connectivity index (χ2n) is 9.68. The van der Waals surface area contributed by atoms with Crippen molar-refractivity contribution in [1.29, 1.82) is 0 Å². The van der Waals surface area contributed by atoms with Crippen molar-refractivity contribution in [2.24, 2.45) is 11.8 Å². The predicted octanol–water partition coefficient (Wildman–Crippen LogP) is 2.59. The lowest BCUT2D eigenvalue weighted by molar-refractivity contribution is -0.120. The monoisotopic (exact) mass is 484 g/mol. The number of nitrogens with zero attached hydrogens (tertiary/aromatic N) is 2. The van der Waals surface area contributed by atoms with Crippen molar-refractivity contribution in [3.05, 3.63) is 65.0 Å².